The van der Waals surface area contributed by atoms with E-state index < -0.39 is 40.9 Å². The molecule has 1 aromatic carbocycles. The molecule has 0 bridgehead atoms. The first-order valence-electron chi connectivity index (χ1n) is 9.28. The van der Waals surface area contributed by atoms with Gasteiger partial charge in [-0.2, -0.15) is 0 Å². The maximum absolute atomic E-state index is 12.5. The highest BCUT2D eigenvalue weighted by Gasteiger charge is 2.26. The Balaban J connectivity index is 1.68. The molecule has 0 saturated heterocycles. The maximum Gasteiger partial charge on any atom is 0.329 e. The van der Waals surface area contributed by atoms with Gasteiger partial charge in [0.15, 0.2) is 5.69 Å². The molecule has 28 heavy (non-hydrogen) atoms. The van der Waals surface area contributed by atoms with E-state index in [-0.39, 0.29) is 6.04 Å². The predicted molar refractivity (Wildman–Crippen MR) is 103 cm³/mol. The minimum atomic E-state index is -1.06. The van der Waals surface area contributed by atoms with Crippen molar-refractivity contribution < 1.29 is 14.7 Å². The van der Waals surface area contributed by atoms with Gasteiger partial charge >= 0.3 is 5.69 Å². The van der Waals surface area contributed by atoms with Crippen molar-refractivity contribution in [1.82, 2.24) is 14.9 Å². The Hall–Kier alpha value is -3.16. The van der Waals surface area contributed by atoms with Crippen LogP contribution in [0.2, 0.25) is 0 Å². The number of aromatic amines is 1. The largest absolute Gasteiger partial charge is 0.501 e. The average Bonchev–Trinajstić information content (AvgIpc) is 2.69. The highest BCUT2D eigenvalue weighted by Crippen LogP contribution is 2.32. The molecule has 8 heteroatoms. The summed E-state index contributed by atoms with van der Waals surface area (Å²) in [7, 11) is 0. The van der Waals surface area contributed by atoms with Crippen LogP contribution in [-0.2, 0) is 11.3 Å². The molecule has 0 unspecified atom stereocenters. The summed E-state index contributed by atoms with van der Waals surface area (Å²) in [4.78, 5) is 50.0. The molecule has 0 atom stereocenters. The summed E-state index contributed by atoms with van der Waals surface area (Å²) in [5, 5.41) is 12.8. The smallest absolute Gasteiger partial charge is 0.329 e. The Labute approximate surface area is 161 Å². The summed E-state index contributed by atoms with van der Waals surface area (Å²) in [6.45, 7) is 0.752. The SMILES string of the molecule is CC(=O)Cn1c(=O)[nH]c(C(=O)NC2CCC(c3ccccc3)CC2)c(O)c1=O. The van der Waals surface area contributed by atoms with E-state index in [0.717, 1.165) is 25.7 Å². The molecule has 1 aliphatic rings. The van der Waals surface area contributed by atoms with Crippen LogP contribution in [0, 0.1) is 0 Å². The van der Waals surface area contributed by atoms with Gasteiger partial charge in [0.1, 0.15) is 5.78 Å². The number of ketones is 1. The van der Waals surface area contributed by atoms with Gasteiger partial charge in [0.25, 0.3) is 11.5 Å². The fourth-order valence-corrected chi connectivity index (χ4v) is 3.65. The highest BCUT2D eigenvalue weighted by atomic mass is 16.3. The number of benzene rings is 1. The van der Waals surface area contributed by atoms with Crippen molar-refractivity contribution in [2.24, 2.45) is 0 Å². The minimum absolute atomic E-state index is 0.102. The van der Waals surface area contributed by atoms with Crippen LogP contribution in [0.4, 0.5) is 0 Å². The summed E-state index contributed by atoms with van der Waals surface area (Å²) in [6, 6.07) is 10.1. The van der Waals surface area contributed by atoms with Crippen LogP contribution in [0.3, 0.4) is 0 Å². The van der Waals surface area contributed by atoms with E-state index in [4.69, 9.17) is 0 Å². The van der Waals surface area contributed by atoms with Crippen LogP contribution in [0.25, 0.3) is 0 Å². The number of aromatic hydroxyl groups is 1. The van der Waals surface area contributed by atoms with Gasteiger partial charge in [0.05, 0.1) is 6.54 Å². The number of amides is 1. The first-order valence-corrected chi connectivity index (χ1v) is 9.28. The van der Waals surface area contributed by atoms with Gasteiger partial charge in [0.2, 0.25) is 5.75 Å². The first kappa shape index (κ1) is 19.6. The number of nitrogens with zero attached hydrogens (tertiary/aromatic N) is 1. The normalized spacial score (nSPS) is 19.2. The zero-order valence-corrected chi connectivity index (χ0v) is 15.6. The number of rotatable bonds is 5. The lowest BCUT2D eigenvalue weighted by atomic mass is 9.82. The van der Waals surface area contributed by atoms with Gasteiger partial charge in [-0.05, 0) is 44.1 Å². The molecule has 3 N–H and O–H groups in total. The topological polar surface area (TPSA) is 121 Å². The van der Waals surface area contributed by atoms with Crippen molar-refractivity contribution in [2.45, 2.75) is 51.1 Å². The van der Waals surface area contributed by atoms with E-state index in [1.807, 2.05) is 18.2 Å². The van der Waals surface area contributed by atoms with Gasteiger partial charge < -0.3 is 10.4 Å². The van der Waals surface area contributed by atoms with Crippen molar-refractivity contribution in [1.29, 1.82) is 0 Å². The molecule has 0 radical (unpaired) electrons. The third kappa shape index (κ3) is 4.21. The first-order chi connectivity index (χ1) is 13.4. The third-order valence-electron chi connectivity index (χ3n) is 5.10. The van der Waals surface area contributed by atoms with E-state index in [1.165, 1.54) is 12.5 Å². The van der Waals surface area contributed by atoms with Gasteiger partial charge in [-0.1, -0.05) is 30.3 Å². The van der Waals surface area contributed by atoms with Crippen LogP contribution >= 0.6 is 0 Å². The predicted octanol–water partition coefficient (Wildman–Crippen LogP) is 1.29. The lowest BCUT2D eigenvalue weighted by molar-refractivity contribution is -0.117. The number of carbonyl (C=O) groups is 2. The van der Waals surface area contributed by atoms with E-state index in [1.54, 1.807) is 0 Å². The second-order valence-corrected chi connectivity index (χ2v) is 7.18. The van der Waals surface area contributed by atoms with Crippen molar-refractivity contribution in [3.8, 4) is 5.75 Å². The van der Waals surface area contributed by atoms with Crippen LogP contribution in [0.1, 0.15) is 54.6 Å². The Morgan fingerprint density at radius 2 is 1.79 bits per heavy atom. The lowest BCUT2D eigenvalue weighted by Gasteiger charge is -2.29. The van der Waals surface area contributed by atoms with E-state index in [2.05, 4.69) is 22.4 Å². The quantitative estimate of drug-likeness (QED) is 0.716. The molecule has 1 aliphatic carbocycles. The molecule has 1 amide bonds. The molecule has 1 aromatic heterocycles. The number of aromatic nitrogens is 2. The van der Waals surface area contributed by atoms with E-state index in [0.29, 0.717) is 10.5 Å². The fourth-order valence-electron chi connectivity index (χ4n) is 3.65. The number of hydrogen-bond donors (Lipinski definition) is 3. The average molecular weight is 385 g/mol. The minimum Gasteiger partial charge on any atom is -0.501 e. The summed E-state index contributed by atoms with van der Waals surface area (Å²) < 4.78 is 0.569. The molecule has 2 aromatic rings. The lowest BCUT2D eigenvalue weighted by Crippen LogP contribution is -2.42. The molecule has 0 spiro atoms. The van der Waals surface area contributed by atoms with Crippen LogP contribution < -0.4 is 16.6 Å². The molecular weight excluding hydrogens is 362 g/mol. The summed E-state index contributed by atoms with van der Waals surface area (Å²) >= 11 is 0. The van der Waals surface area contributed by atoms with Crippen molar-refractivity contribution >= 4 is 11.7 Å². The fraction of sp³-hybridized carbons (Fsp3) is 0.400. The van der Waals surface area contributed by atoms with Gasteiger partial charge in [0, 0.05) is 6.04 Å². The second kappa shape index (κ2) is 8.24. The number of hydrogen-bond acceptors (Lipinski definition) is 5. The molecule has 1 saturated carbocycles. The zero-order chi connectivity index (χ0) is 20.3. The van der Waals surface area contributed by atoms with Gasteiger partial charge in [-0.3, -0.25) is 19.4 Å². The Bertz CT molecular complexity index is 985. The Morgan fingerprint density at radius 1 is 1.14 bits per heavy atom. The summed E-state index contributed by atoms with van der Waals surface area (Å²) in [5.74, 6) is -1.54. The van der Waals surface area contributed by atoms with Gasteiger partial charge in [-0.25, -0.2) is 9.36 Å². The number of carbonyl (C=O) groups excluding carboxylic acids is 2. The van der Waals surface area contributed by atoms with Crippen molar-refractivity contribution in [3.63, 3.8) is 0 Å². The third-order valence-corrected chi connectivity index (χ3v) is 5.10. The zero-order valence-electron chi connectivity index (χ0n) is 15.6. The number of nitrogens with one attached hydrogen (secondary N) is 2. The molecule has 3 rings (SSSR count). The van der Waals surface area contributed by atoms with E-state index in [9.17, 15) is 24.3 Å². The number of H-pyrrole nitrogens is 1. The monoisotopic (exact) mass is 385 g/mol. The number of Topliss-reactive ketones (excluding diaryl/α,β-unsaturated/α-hetero) is 1. The maximum atomic E-state index is 12.5. The second-order valence-electron chi connectivity index (χ2n) is 7.18. The van der Waals surface area contributed by atoms with Crippen LogP contribution in [0.15, 0.2) is 39.9 Å². The molecule has 1 fully saturated rings. The molecule has 0 aliphatic heterocycles. The molecule has 8 nitrogen and oxygen atoms in total. The standard InChI is InChI=1S/C20H23N3O5/c1-12(24)11-23-19(27)17(25)16(22-20(23)28)18(26)21-15-9-7-14(8-10-15)13-5-3-2-4-6-13/h2-6,14-15,25H,7-11H2,1H3,(H,21,26)(H,22,28). The van der Waals surface area contributed by atoms with Gasteiger partial charge in [-0.15, -0.1) is 0 Å². The van der Waals surface area contributed by atoms with Crippen LogP contribution in [0.5, 0.6) is 5.75 Å². The summed E-state index contributed by atoms with van der Waals surface area (Å²) in [5.41, 5.74) is -1.16. The highest BCUT2D eigenvalue weighted by molar-refractivity contribution is 5.94. The Morgan fingerprint density at radius 3 is 2.39 bits per heavy atom. The molecular formula is C20H23N3O5. The molecule has 148 valence electrons. The van der Waals surface area contributed by atoms with E-state index >= 15 is 0 Å². The Kier molecular flexibility index (Phi) is 5.77. The van der Waals surface area contributed by atoms with Crippen LogP contribution in [-0.4, -0.2) is 32.4 Å². The van der Waals surface area contributed by atoms with Crippen molar-refractivity contribution in [2.75, 3.05) is 0 Å². The molecule has 1 heterocycles. The summed E-state index contributed by atoms with van der Waals surface area (Å²) in [6.07, 6.45) is 3.35. The van der Waals surface area contributed by atoms with Crippen molar-refractivity contribution in [3.05, 3.63) is 62.4 Å².